The van der Waals surface area contributed by atoms with E-state index in [1.165, 1.54) is 0 Å². The molecule has 0 saturated carbocycles. The van der Waals surface area contributed by atoms with Crippen LogP contribution in [0.15, 0.2) is 18.2 Å². The van der Waals surface area contributed by atoms with Crippen molar-refractivity contribution in [3.05, 3.63) is 28.8 Å². The molecular formula is C12H18ClNO2. The number of rotatable bonds is 6. The lowest BCUT2D eigenvalue weighted by molar-refractivity contribution is 0.123. The van der Waals surface area contributed by atoms with Crippen LogP contribution in [0, 0.1) is 0 Å². The number of benzene rings is 1. The Balaban J connectivity index is 2.60. The first kappa shape index (κ1) is 13.3. The predicted octanol–water partition coefficient (Wildman–Crippen LogP) is 2.21. The van der Waals surface area contributed by atoms with Crippen molar-refractivity contribution in [3.63, 3.8) is 0 Å². The smallest absolute Gasteiger partial charge is 0.138 e. The van der Waals surface area contributed by atoms with E-state index in [9.17, 15) is 0 Å². The largest absolute Gasteiger partial charge is 0.489 e. The molecule has 1 aromatic rings. The average molecular weight is 244 g/mol. The molecule has 0 bridgehead atoms. The first-order chi connectivity index (χ1) is 7.63. The molecule has 1 atom stereocenters. The zero-order valence-corrected chi connectivity index (χ0v) is 10.4. The van der Waals surface area contributed by atoms with Crippen LogP contribution in [0.1, 0.15) is 19.4 Å². The highest BCUT2D eigenvalue weighted by molar-refractivity contribution is 6.32. The van der Waals surface area contributed by atoms with Crippen LogP contribution in [0.3, 0.4) is 0 Å². The molecule has 0 aliphatic rings. The Morgan fingerprint density at radius 3 is 2.81 bits per heavy atom. The summed E-state index contributed by atoms with van der Waals surface area (Å²) in [6, 6.07) is 5.67. The summed E-state index contributed by atoms with van der Waals surface area (Å²) in [5, 5.41) is 12.9. The molecule has 1 rings (SSSR count). The molecule has 0 fully saturated rings. The third-order valence-electron chi connectivity index (χ3n) is 2.06. The topological polar surface area (TPSA) is 41.5 Å². The minimum Gasteiger partial charge on any atom is -0.489 e. The Morgan fingerprint density at radius 1 is 1.50 bits per heavy atom. The SMILES string of the molecule is CCNCc1ccc(OCC(C)O)c(Cl)c1. The highest BCUT2D eigenvalue weighted by Gasteiger charge is 2.04. The minimum atomic E-state index is -0.488. The summed E-state index contributed by atoms with van der Waals surface area (Å²) in [6.45, 7) is 5.71. The van der Waals surface area contributed by atoms with Crippen molar-refractivity contribution >= 4 is 11.6 Å². The molecule has 0 spiro atoms. The van der Waals surface area contributed by atoms with Gasteiger partial charge in [-0.25, -0.2) is 0 Å². The lowest BCUT2D eigenvalue weighted by Crippen LogP contribution is -2.13. The quantitative estimate of drug-likeness (QED) is 0.805. The Bertz CT molecular complexity index is 329. The van der Waals surface area contributed by atoms with E-state index in [0.717, 1.165) is 18.7 Å². The molecule has 1 unspecified atom stereocenters. The van der Waals surface area contributed by atoms with E-state index in [2.05, 4.69) is 12.2 Å². The van der Waals surface area contributed by atoms with Gasteiger partial charge >= 0.3 is 0 Å². The number of hydrogen-bond acceptors (Lipinski definition) is 3. The van der Waals surface area contributed by atoms with Crippen LogP contribution < -0.4 is 10.1 Å². The molecule has 4 heteroatoms. The Morgan fingerprint density at radius 2 is 2.25 bits per heavy atom. The van der Waals surface area contributed by atoms with Crippen molar-refractivity contribution in [2.45, 2.75) is 26.5 Å². The fourth-order valence-corrected chi connectivity index (χ4v) is 1.51. The van der Waals surface area contributed by atoms with Crippen LogP contribution in [-0.4, -0.2) is 24.4 Å². The summed E-state index contributed by atoms with van der Waals surface area (Å²) >= 11 is 6.06. The minimum absolute atomic E-state index is 0.256. The van der Waals surface area contributed by atoms with Crippen LogP contribution in [-0.2, 0) is 6.54 Å². The number of hydrogen-bond donors (Lipinski definition) is 2. The number of aliphatic hydroxyl groups is 1. The second-order valence-electron chi connectivity index (χ2n) is 3.71. The first-order valence-corrected chi connectivity index (χ1v) is 5.81. The van der Waals surface area contributed by atoms with Gasteiger partial charge in [-0.2, -0.15) is 0 Å². The van der Waals surface area contributed by atoms with Crippen LogP contribution in [0.5, 0.6) is 5.75 Å². The van der Waals surface area contributed by atoms with Crippen molar-refractivity contribution in [2.24, 2.45) is 0 Å². The molecule has 0 amide bonds. The zero-order chi connectivity index (χ0) is 12.0. The van der Waals surface area contributed by atoms with Gasteiger partial charge in [0, 0.05) is 6.54 Å². The van der Waals surface area contributed by atoms with Crippen LogP contribution in [0.25, 0.3) is 0 Å². The van der Waals surface area contributed by atoms with Crippen LogP contribution in [0.2, 0.25) is 5.02 Å². The number of halogens is 1. The fourth-order valence-electron chi connectivity index (χ4n) is 1.25. The molecule has 0 radical (unpaired) electrons. The zero-order valence-electron chi connectivity index (χ0n) is 9.66. The number of ether oxygens (including phenoxy) is 1. The van der Waals surface area contributed by atoms with Gasteiger partial charge < -0.3 is 15.2 Å². The highest BCUT2D eigenvalue weighted by Crippen LogP contribution is 2.25. The van der Waals surface area contributed by atoms with Crippen LogP contribution >= 0.6 is 11.6 Å². The van der Waals surface area contributed by atoms with Gasteiger partial charge in [0.2, 0.25) is 0 Å². The molecule has 16 heavy (non-hydrogen) atoms. The molecule has 0 heterocycles. The van der Waals surface area contributed by atoms with Gasteiger partial charge in [0.25, 0.3) is 0 Å². The molecule has 0 aromatic heterocycles. The molecule has 0 aliphatic heterocycles. The second-order valence-corrected chi connectivity index (χ2v) is 4.11. The number of nitrogens with one attached hydrogen (secondary N) is 1. The predicted molar refractivity (Wildman–Crippen MR) is 66.0 cm³/mol. The first-order valence-electron chi connectivity index (χ1n) is 5.43. The van der Waals surface area contributed by atoms with Crippen molar-refractivity contribution in [3.8, 4) is 5.75 Å². The molecule has 2 N–H and O–H groups in total. The monoisotopic (exact) mass is 243 g/mol. The van der Waals surface area contributed by atoms with Gasteiger partial charge in [0.15, 0.2) is 0 Å². The summed E-state index contributed by atoms with van der Waals surface area (Å²) < 4.78 is 5.36. The molecule has 0 aliphatic carbocycles. The van der Waals surface area contributed by atoms with Gasteiger partial charge in [-0.15, -0.1) is 0 Å². The molecule has 90 valence electrons. The maximum atomic E-state index is 9.10. The van der Waals surface area contributed by atoms with Gasteiger partial charge in [0.1, 0.15) is 12.4 Å². The standard InChI is InChI=1S/C12H18ClNO2/c1-3-14-7-10-4-5-12(11(13)6-10)16-8-9(2)15/h4-6,9,14-15H,3,7-8H2,1-2H3. The maximum Gasteiger partial charge on any atom is 0.138 e. The van der Waals surface area contributed by atoms with E-state index in [1.54, 1.807) is 6.92 Å². The Hall–Kier alpha value is -0.770. The summed E-state index contributed by atoms with van der Waals surface area (Å²) in [4.78, 5) is 0. The van der Waals surface area contributed by atoms with E-state index in [-0.39, 0.29) is 6.61 Å². The Kier molecular flexibility index (Phi) is 5.60. The summed E-state index contributed by atoms with van der Waals surface area (Å²) in [5.74, 6) is 0.614. The van der Waals surface area contributed by atoms with E-state index in [0.29, 0.717) is 10.8 Å². The lowest BCUT2D eigenvalue weighted by atomic mass is 10.2. The molecule has 1 aromatic carbocycles. The third-order valence-corrected chi connectivity index (χ3v) is 2.35. The number of aliphatic hydroxyl groups excluding tert-OH is 1. The van der Waals surface area contributed by atoms with Crippen molar-refractivity contribution in [1.29, 1.82) is 0 Å². The summed E-state index contributed by atoms with van der Waals surface area (Å²) in [6.07, 6.45) is -0.488. The van der Waals surface area contributed by atoms with E-state index < -0.39 is 6.10 Å². The van der Waals surface area contributed by atoms with E-state index in [1.807, 2.05) is 18.2 Å². The van der Waals surface area contributed by atoms with Gasteiger partial charge in [-0.1, -0.05) is 24.6 Å². The Labute approximate surface area is 101 Å². The highest BCUT2D eigenvalue weighted by atomic mass is 35.5. The molecule has 3 nitrogen and oxygen atoms in total. The normalized spacial score (nSPS) is 12.5. The van der Waals surface area contributed by atoms with Crippen LogP contribution in [0.4, 0.5) is 0 Å². The molecule has 0 saturated heterocycles. The summed E-state index contributed by atoms with van der Waals surface area (Å²) in [5.41, 5.74) is 1.12. The van der Waals surface area contributed by atoms with Crippen molar-refractivity contribution in [1.82, 2.24) is 5.32 Å². The summed E-state index contributed by atoms with van der Waals surface area (Å²) in [7, 11) is 0. The van der Waals surface area contributed by atoms with E-state index >= 15 is 0 Å². The average Bonchev–Trinajstić information content (AvgIpc) is 2.24. The fraction of sp³-hybridized carbons (Fsp3) is 0.500. The lowest BCUT2D eigenvalue weighted by Gasteiger charge is -2.11. The van der Waals surface area contributed by atoms with Crippen molar-refractivity contribution < 1.29 is 9.84 Å². The second kappa shape index (κ2) is 6.74. The third kappa shape index (κ3) is 4.39. The van der Waals surface area contributed by atoms with E-state index in [4.69, 9.17) is 21.4 Å². The maximum absolute atomic E-state index is 9.10. The molecular weight excluding hydrogens is 226 g/mol. The van der Waals surface area contributed by atoms with Crippen molar-refractivity contribution in [2.75, 3.05) is 13.2 Å². The van der Waals surface area contributed by atoms with Gasteiger partial charge in [-0.3, -0.25) is 0 Å². The van der Waals surface area contributed by atoms with Gasteiger partial charge in [0.05, 0.1) is 11.1 Å². The van der Waals surface area contributed by atoms with Gasteiger partial charge in [-0.05, 0) is 31.2 Å².